The van der Waals surface area contributed by atoms with Crippen LogP contribution in [-0.2, 0) is 10.0 Å². The summed E-state index contributed by atoms with van der Waals surface area (Å²) in [5.41, 5.74) is 0. The first-order valence-electron chi connectivity index (χ1n) is 6.03. The molecule has 0 aromatic carbocycles. The van der Waals surface area contributed by atoms with Gasteiger partial charge < -0.3 is 0 Å². The van der Waals surface area contributed by atoms with E-state index in [4.69, 9.17) is 0 Å². The maximum atomic E-state index is 12.7. The highest BCUT2D eigenvalue weighted by Gasteiger charge is 2.42. The van der Waals surface area contributed by atoms with E-state index in [0.29, 0.717) is 16.6 Å². The van der Waals surface area contributed by atoms with Crippen LogP contribution >= 0.6 is 27.3 Å². The van der Waals surface area contributed by atoms with Crippen molar-refractivity contribution in [3.8, 4) is 0 Å². The number of nitrogens with one attached hydrogen (secondary N) is 1. The van der Waals surface area contributed by atoms with E-state index in [1.54, 1.807) is 6.07 Å². The van der Waals surface area contributed by atoms with Crippen molar-refractivity contribution in [1.29, 1.82) is 0 Å². The third kappa shape index (κ3) is 3.96. The van der Waals surface area contributed by atoms with Gasteiger partial charge in [0, 0.05) is 6.04 Å². The number of rotatable bonds is 3. The van der Waals surface area contributed by atoms with Crippen molar-refractivity contribution in [2.24, 2.45) is 5.92 Å². The van der Waals surface area contributed by atoms with Crippen LogP contribution in [0.15, 0.2) is 20.1 Å². The van der Waals surface area contributed by atoms with E-state index in [-0.39, 0.29) is 17.1 Å². The fraction of sp³-hybridized carbons (Fsp3) is 0.636. The molecule has 1 fully saturated rings. The zero-order chi connectivity index (χ0) is 15.0. The summed E-state index contributed by atoms with van der Waals surface area (Å²) in [6.07, 6.45) is -3.54. The number of alkyl halides is 3. The monoisotopic (exact) mass is 391 g/mol. The molecule has 0 bridgehead atoms. The molecule has 0 amide bonds. The van der Waals surface area contributed by atoms with Crippen LogP contribution in [0, 0.1) is 5.92 Å². The molecule has 9 heteroatoms. The largest absolute Gasteiger partial charge is 0.391 e. The molecule has 1 aliphatic carbocycles. The quantitative estimate of drug-likeness (QED) is 0.848. The Labute approximate surface area is 127 Å². The lowest BCUT2D eigenvalue weighted by Gasteiger charge is -2.30. The highest BCUT2D eigenvalue weighted by atomic mass is 79.9. The van der Waals surface area contributed by atoms with E-state index in [0.717, 1.165) is 11.3 Å². The molecular formula is C11H13BrF3NO2S2. The maximum absolute atomic E-state index is 12.7. The van der Waals surface area contributed by atoms with Crippen LogP contribution in [0.3, 0.4) is 0 Å². The van der Waals surface area contributed by atoms with E-state index in [1.807, 2.05) is 0 Å². The summed E-state index contributed by atoms with van der Waals surface area (Å²) in [6, 6.07) is 2.38. The first-order chi connectivity index (χ1) is 9.18. The summed E-state index contributed by atoms with van der Waals surface area (Å²) in [4.78, 5) is 0. The van der Waals surface area contributed by atoms with Gasteiger partial charge in [0.2, 0.25) is 10.0 Å². The zero-order valence-electron chi connectivity index (χ0n) is 10.3. The standard InChI is InChI=1S/C11H13BrF3NO2S2/c12-9-4-5-10(19-9)20(17,18)16-8-3-1-2-7(6-8)11(13,14)15/h4-5,7-8,16H,1-3,6H2. The van der Waals surface area contributed by atoms with Gasteiger partial charge in [0.05, 0.1) is 9.70 Å². The lowest BCUT2D eigenvalue weighted by molar-refractivity contribution is -0.183. The van der Waals surface area contributed by atoms with Crippen LogP contribution in [0.4, 0.5) is 13.2 Å². The van der Waals surface area contributed by atoms with E-state index in [9.17, 15) is 21.6 Å². The van der Waals surface area contributed by atoms with Gasteiger partial charge >= 0.3 is 6.18 Å². The lowest BCUT2D eigenvalue weighted by Crippen LogP contribution is -2.41. The molecule has 1 saturated carbocycles. The first kappa shape index (κ1) is 16.3. The Morgan fingerprint density at radius 3 is 2.55 bits per heavy atom. The minimum absolute atomic E-state index is 0.0757. The lowest BCUT2D eigenvalue weighted by atomic mass is 9.86. The number of hydrogen-bond donors (Lipinski definition) is 1. The van der Waals surface area contributed by atoms with Gasteiger partial charge in [-0.25, -0.2) is 13.1 Å². The number of halogens is 4. The van der Waals surface area contributed by atoms with Gasteiger partial charge in [-0.1, -0.05) is 6.42 Å². The number of thiophene rings is 1. The summed E-state index contributed by atoms with van der Waals surface area (Å²) in [6.45, 7) is 0. The van der Waals surface area contributed by atoms with Gasteiger partial charge in [-0.15, -0.1) is 11.3 Å². The van der Waals surface area contributed by atoms with Crippen LogP contribution in [-0.4, -0.2) is 20.6 Å². The topological polar surface area (TPSA) is 46.2 Å². The third-order valence-electron chi connectivity index (χ3n) is 3.27. The number of hydrogen-bond acceptors (Lipinski definition) is 3. The van der Waals surface area contributed by atoms with Crippen molar-refractivity contribution >= 4 is 37.3 Å². The van der Waals surface area contributed by atoms with Crippen molar-refractivity contribution in [1.82, 2.24) is 4.72 Å². The normalized spacial score (nSPS) is 24.8. The van der Waals surface area contributed by atoms with Crippen molar-refractivity contribution in [2.45, 2.75) is 42.1 Å². The molecule has 1 aromatic rings. The van der Waals surface area contributed by atoms with Crippen molar-refractivity contribution in [2.75, 3.05) is 0 Å². The molecule has 0 aliphatic heterocycles. The van der Waals surface area contributed by atoms with Crippen molar-refractivity contribution in [3.05, 3.63) is 15.9 Å². The first-order valence-corrected chi connectivity index (χ1v) is 9.12. The molecule has 2 atom stereocenters. The smallest absolute Gasteiger partial charge is 0.207 e. The van der Waals surface area contributed by atoms with Gasteiger partial charge in [-0.3, -0.25) is 0 Å². The molecule has 0 radical (unpaired) electrons. The van der Waals surface area contributed by atoms with Crippen LogP contribution < -0.4 is 4.72 Å². The minimum atomic E-state index is -4.25. The van der Waals surface area contributed by atoms with Gasteiger partial charge in [0.15, 0.2) is 0 Å². The Bertz CT molecular complexity index is 570. The average molecular weight is 392 g/mol. The van der Waals surface area contributed by atoms with E-state index in [2.05, 4.69) is 20.7 Å². The molecule has 0 spiro atoms. The van der Waals surface area contributed by atoms with Crippen molar-refractivity contribution < 1.29 is 21.6 Å². The van der Waals surface area contributed by atoms with Crippen LogP contribution in [0.2, 0.25) is 0 Å². The molecule has 2 rings (SSSR count). The molecule has 114 valence electrons. The second-order valence-corrected chi connectivity index (χ2v) is 9.19. The molecule has 20 heavy (non-hydrogen) atoms. The third-order valence-corrected chi connectivity index (χ3v) is 6.91. The van der Waals surface area contributed by atoms with E-state index in [1.165, 1.54) is 6.07 Å². The predicted octanol–water partition coefficient (Wildman–Crippen LogP) is 3.91. The van der Waals surface area contributed by atoms with E-state index >= 15 is 0 Å². The molecule has 1 aliphatic rings. The summed E-state index contributed by atoms with van der Waals surface area (Å²) in [5, 5.41) is 0. The average Bonchev–Trinajstić information content (AvgIpc) is 2.75. The van der Waals surface area contributed by atoms with Gasteiger partial charge in [0.1, 0.15) is 4.21 Å². The molecule has 2 unspecified atom stereocenters. The van der Waals surface area contributed by atoms with Crippen molar-refractivity contribution in [3.63, 3.8) is 0 Å². The fourth-order valence-electron chi connectivity index (χ4n) is 2.31. The van der Waals surface area contributed by atoms with Crippen LogP contribution in [0.5, 0.6) is 0 Å². The predicted molar refractivity (Wildman–Crippen MR) is 74.1 cm³/mol. The Kier molecular flexibility index (Phi) is 4.83. The summed E-state index contributed by atoms with van der Waals surface area (Å²) >= 11 is 4.20. The zero-order valence-corrected chi connectivity index (χ0v) is 13.5. The Balaban J connectivity index is 2.06. The summed E-state index contributed by atoms with van der Waals surface area (Å²) in [7, 11) is -3.74. The molecule has 1 heterocycles. The minimum Gasteiger partial charge on any atom is -0.207 e. The number of sulfonamides is 1. The molecule has 1 N–H and O–H groups in total. The fourth-order valence-corrected chi connectivity index (χ4v) is 5.62. The summed E-state index contributed by atoms with van der Waals surface area (Å²) < 4.78 is 65.4. The van der Waals surface area contributed by atoms with Crippen LogP contribution in [0.1, 0.15) is 25.7 Å². The highest BCUT2D eigenvalue weighted by Crippen LogP contribution is 2.38. The van der Waals surface area contributed by atoms with Gasteiger partial charge in [-0.05, 0) is 47.3 Å². The van der Waals surface area contributed by atoms with E-state index < -0.39 is 28.2 Å². The second-order valence-electron chi connectivity index (χ2n) is 4.78. The highest BCUT2D eigenvalue weighted by molar-refractivity contribution is 9.11. The second kappa shape index (κ2) is 5.94. The van der Waals surface area contributed by atoms with Crippen LogP contribution in [0.25, 0.3) is 0 Å². The van der Waals surface area contributed by atoms with Gasteiger partial charge in [0.25, 0.3) is 0 Å². The maximum Gasteiger partial charge on any atom is 0.391 e. The molecule has 1 aromatic heterocycles. The molecule has 3 nitrogen and oxygen atoms in total. The SMILES string of the molecule is O=S(=O)(NC1CCCC(C(F)(F)F)C1)c1ccc(Br)s1. The Hall–Kier alpha value is -0.120. The Morgan fingerprint density at radius 2 is 2.00 bits per heavy atom. The summed E-state index contributed by atoms with van der Waals surface area (Å²) in [5.74, 6) is -1.42. The van der Waals surface area contributed by atoms with Gasteiger partial charge in [-0.2, -0.15) is 13.2 Å². The molecule has 0 saturated heterocycles. The Morgan fingerprint density at radius 1 is 1.30 bits per heavy atom. The molecular weight excluding hydrogens is 379 g/mol.